The smallest absolute Gasteiger partial charge is 0.266 e. The van der Waals surface area contributed by atoms with Gasteiger partial charge >= 0.3 is 0 Å². The number of amides is 1. The molecular weight excluding hydrogens is 392 g/mol. The number of amidine groups is 1. The van der Waals surface area contributed by atoms with Crippen LogP contribution in [-0.4, -0.2) is 39.0 Å². The van der Waals surface area contributed by atoms with Crippen molar-refractivity contribution in [2.24, 2.45) is 4.99 Å². The number of hydrogen-bond acceptors (Lipinski definition) is 6. The number of aromatic nitrogens is 2. The molecule has 0 spiro atoms. The number of likely N-dealkylation sites (N-methyl/N-ethyl adjacent to an activating group) is 1. The van der Waals surface area contributed by atoms with Crippen LogP contribution >= 0.6 is 23.5 Å². The number of fused-ring (bicyclic) bond motifs is 1. The number of aliphatic imine (C=N–C) groups is 1. The second-order valence-electron chi connectivity index (χ2n) is 6.24. The predicted octanol–water partition coefficient (Wildman–Crippen LogP) is 4.93. The molecule has 2 aromatic heterocycles. The highest BCUT2D eigenvalue weighted by Gasteiger charge is 2.32. The van der Waals surface area contributed by atoms with Crippen molar-refractivity contribution in [1.82, 2.24) is 14.9 Å². The Bertz CT molecular complexity index is 1100. The molecule has 1 fully saturated rings. The summed E-state index contributed by atoms with van der Waals surface area (Å²) in [5.41, 5.74) is 3.12. The Morgan fingerprint density at radius 2 is 2.18 bits per heavy atom. The number of imidazole rings is 1. The van der Waals surface area contributed by atoms with Crippen molar-refractivity contribution in [1.29, 1.82) is 0 Å². The van der Waals surface area contributed by atoms with Crippen molar-refractivity contribution in [2.45, 2.75) is 31.0 Å². The second-order valence-corrected chi connectivity index (χ2v) is 8.24. The quantitative estimate of drug-likeness (QED) is 0.602. The van der Waals surface area contributed by atoms with E-state index >= 15 is 0 Å². The van der Waals surface area contributed by atoms with Crippen LogP contribution in [0.25, 0.3) is 17.1 Å². The summed E-state index contributed by atoms with van der Waals surface area (Å²) in [4.78, 5) is 27.1. The maximum absolute atomic E-state index is 12.5. The zero-order chi connectivity index (χ0) is 19.7. The molecule has 144 valence electrons. The SMILES string of the molecule is CCN=C1S/C(=C\c2ccc(Sc3nc4ccc(C)cc4[nH]3)o2)C(=O)N1CC. The Morgan fingerprint density at radius 3 is 2.96 bits per heavy atom. The number of thioether (sulfide) groups is 1. The average molecular weight is 413 g/mol. The van der Waals surface area contributed by atoms with E-state index in [0.717, 1.165) is 21.4 Å². The number of nitrogens with zero attached hydrogens (tertiary/aromatic N) is 3. The number of aromatic amines is 1. The lowest BCUT2D eigenvalue weighted by molar-refractivity contribution is -0.122. The highest BCUT2D eigenvalue weighted by Crippen LogP contribution is 2.34. The van der Waals surface area contributed by atoms with Crippen LogP contribution in [0.4, 0.5) is 0 Å². The Labute approximate surface area is 171 Å². The van der Waals surface area contributed by atoms with Crippen LogP contribution in [0.3, 0.4) is 0 Å². The van der Waals surface area contributed by atoms with Gasteiger partial charge in [-0.2, -0.15) is 0 Å². The number of nitrogens with one attached hydrogen (secondary N) is 1. The summed E-state index contributed by atoms with van der Waals surface area (Å²) in [5, 5.41) is 2.24. The van der Waals surface area contributed by atoms with Crippen LogP contribution < -0.4 is 0 Å². The normalized spacial score (nSPS) is 17.5. The first kappa shape index (κ1) is 18.9. The summed E-state index contributed by atoms with van der Waals surface area (Å²) in [6.45, 7) is 7.22. The minimum atomic E-state index is -0.0297. The molecule has 0 aliphatic carbocycles. The lowest BCUT2D eigenvalue weighted by atomic mass is 10.2. The average Bonchev–Trinajstić information content (AvgIpc) is 3.34. The van der Waals surface area contributed by atoms with E-state index in [9.17, 15) is 4.79 Å². The van der Waals surface area contributed by atoms with Crippen molar-refractivity contribution in [3.05, 3.63) is 46.6 Å². The maximum Gasteiger partial charge on any atom is 0.266 e. The van der Waals surface area contributed by atoms with Crippen molar-refractivity contribution in [3.63, 3.8) is 0 Å². The summed E-state index contributed by atoms with van der Waals surface area (Å²) in [6.07, 6.45) is 1.78. The van der Waals surface area contributed by atoms with Crippen LogP contribution in [0.5, 0.6) is 0 Å². The fourth-order valence-electron chi connectivity index (χ4n) is 2.88. The van der Waals surface area contributed by atoms with Crippen LogP contribution in [-0.2, 0) is 4.79 Å². The third-order valence-electron chi connectivity index (χ3n) is 4.19. The van der Waals surface area contributed by atoms with Crippen LogP contribution in [0.15, 0.2) is 54.9 Å². The van der Waals surface area contributed by atoms with Gasteiger partial charge in [0.15, 0.2) is 15.4 Å². The van der Waals surface area contributed by atoms with Gasteiger partial charge in [0.05, 0.1) is 15.9 Å². The number of carbonyl (C=O) groups is 1. The first-order chi connectivity index (χ1) is 13.6. The van der Waals surface area contributed by atoms with E-state index in [4.69, 9.17) is 4.42 Å². The van der Waals surface area contributed by atoms with Gasteiger partial charge < -0.3 is 9.40 Å². The Morgan fingerprint density at radius 1 is 1.32 bits per heavy atom. The number of H-pyrrole nitrogens is 1. The Kier molecular flexibility index (Phi) is 5.32. The molecule has 1 aliphatic rings. The molecule has 0 bridgehead atoms. The molecule has 1 amide bonds. The molecular formula is C20H20N4O2S2. The van der Waals surface area contributed by atoms with E-state index in [1.54, 1.807) is 11.0 Å². The molecule has 28 heavy (non-hydrogen) atoms. The first-order valence-corrected chi connectivity index (χ1v) is 10.7. The largest absolute Gasteiger partial charge is 0.450 e. The Balaban J connectivity index is 1.53. The van der Waals surface area contributed by atoms with E-state index in [-0.39, 0.29) is 5.91 Å². The number of carbonyl (C=O) groups excluding carboxylic acids is 1. The van der Waals surface area contributed by atoms with Crippen LogP contribution in [0, 0.1) is 6.92 Å². The Hall–Kier alpha value is -2.45. The number of hydrogen-bond donors (Lipinski definition) is 1. The molecule has 0 radical (unpaired) electrons. The molecule has 6 nitrogen and oxygen atoms in total. The van der Waals surface area contributed by atoms with Gasteiger partial charge in [-0.25, -0.2) is 4.98 Å². The summed E-state index contributed by atoms with van der Waals surface area (Å²) in [7, 11) is 0. The molecule has 0 atom stereocenters. The molecule has 1 aromatic carbocycles. The van der Waals surface area contributed by atoms with Crippen LogP contribution in [0.1, 0.15) is 25.2 Å². The lowest BCUT2D eigenvalue weighted by Crippen LogP contribution is -2.28. The van der Waals surface area contributed by atoms with Crippen molar-refractivity contribution in [2.75, 3.05) is 13.1 Å². The maximum atomic E-state index is 12.5. The summed E-state index contributed by atoms with van der Waals surface area (Å²) < 4.78 is 5.88. The topological polar surface area (TPSA) is 74.5 Å². The molecule has 3 heterocycles. The molecule has 4 rings (SSSR count). The van der Waals surface area contributed by atoms with Gasteiger partial charge in [0.1, 0.15) is 5.76 Å². The highest BCUT2D eigenvalue weighted by molar-refractivity contribution is 8.18. The van der Waals surface area contributed by atoms with Crippen molar-refractivity contribution in [3.8, 4) is 0 Å². The first-order valence-electron chi connectivity index (χ1n) is 9.07. The fraction of sp³-hybridized carbons (Fsp3) is 0.250. The third kappa shape index (κ3) is 3.74. The van der Waals surface area contributed by atoms with Crippen LogP contribution in [0.2, 0.25) is 0 Å². The fourth-order valence-corrected chi connectivity index (χ4v) is 4.73. The highest BCUT2D eigenvalue weighted by atomic mass is 32.2. The van der Waals surface area contributed by atoms with E-state index < -0.39 is 0 Å². The van der Waals surface area contributed by atoms with Crippen molar-refractivity contribution >= 4 is 51.7 Å². The number of aryl methyl sites for hydroxylation is 1. The van der Waals surface area contributed by atoms with Gasteiger partial charge in [0, 0.05) is 19.2 Å². The minimum absolute atomic E-state index is 0.0297. The molecule has 1 N–H and O–H groups in total. The minimum Gasteiger partial charge on any atom is -0.450 e. The molecule has 3 aromatic rings. The number of rotatable bonds is 5. The number of furan rings is 1. The van der Waals surface area contributed by atoms with E-state index in [2.05, 4.69) is 28.0 Å². The van der Waals surface area contributed by atoms with Gasteiger partial charge in [0.2, 0.25) is 0 Å². The lowest BCUT2D eigenvalue weighted by Gasteiger charge is -2.11. The zero-order valence-corrected chi connectivity index (χ0v) is 17.5. The van der Waals surface area contributed by atoms with Gasteiger partial charge in [-0.1, -0.05) is 6.07 Å². The second kappa shape index (κ2) is 7.89. The van der Waals surface area contributed by atoms with Crippen molar-refractivity contribution < 1.29 is 9.21 Å². The standard InChI is InChI=1S/C20H20N4O2S2/c1-4-21-20-24(5-2)18(25)16(27-20)11-13-7-9-17(26-13)28-19-22-14-8-6-12(3)10-15(14)23-19/h6-11H,4-5H2,1-3H3,(H,22,23)/b16-11-,21-20?. The van der Waals surface area contributed by atoms with Gasteiger partial charge in [-0.15, -0.1) is 0 Å². The third-order valence-corrected chi connectivity index (χ3v) is 6.04. The molecule has 1 saturated heterocycles. The molecule has 0 saturated carbocycles. The van der Waals surface area contributed by atoms with Gasteiger partial charge in [-0.05, 0) is 74.1 Å². The van der Waals surface area contributed by atoms with Gasteiger partial charge in [0.25, 0.3) is 5.91 Å². The monoisotopic (exact) mass is 412 g/mol. The molecule has 1 aliphatic heterocycles. The summed E-state index contributed by atoms with van der Waals surface area (Å²) >= 11 is 2.81. The van der Waals surface area contributed by atoms with E-state index in [1.165, 1.54) is 29.1 Å². The molecule has 8 heteroatoms. The van der Waals surface area contributed by atoms with Gasteiger partial charge in [-0.3, -0.25) is 14.7 Å². The summed E-state index contributed by atoms with van der Waals surface area (Å²) in [6, 6.07) is 9.86. The summed E-state index contributed by atoms with van der Waals surface area (Å²) in [5.74, 6) is 0.608. The van der Waals surface area contributed by atoms with E-state index in [1.807, 2.05) is 38.1 Å². The molecule has 0 unspecified atom stereocenters. The van der Waals surface area contributed by atoms with E-state index in [0.29, 0.717) is 28.8 Å². The number of benzene rings is 1. The predicted molar refractivity (Wildman–Crippen MR) is 115 cm³/mol. The zero-order valence-electron chi connectivity index (χ0n) is 15.9.